The molecule has 5 nitrogen and oxygen atoms in total. The molecule has 1 unspecified atom stereocenters. The number of nitrogens with one attached hydrogen (secondary N) is 1. The number of aryl methyl sites for hydroxylation is 1. The van der Waals surface area contributed by atoms with Gasteiger partial charge in [-0.25, -0.2) is 9.07 Å². The minimum atomic E-state index is -0.360. The van der Waals surface area contributed by atoms with E-state index in [1.807, 2.05) is 79.7 Å². The normalized spacial score (nSPS) is 11.8. The zero-order chi connectivity index (χ0) is 24.2. The van der Waals surface area contributed by atoms with Gasteiger partial charge in [0, 0.05) is 6.07 Å². The highest BCUT2D eigenvalue weighted by molar-refractivity contribution is 5.94. The van der Waals surface area contributed by atoms with Crippen LogP contribution in [0.25, 0.3) is 17.1 Å². The lowest BCUT2D eigenvalue weighted by Crippen LogP contribution is -2.31. The zero-order valence-corrected chi connectivity index (χ0v) is 19.2. The van der Waals surface area contributed by atoms with Crippen LogP contribution in [-0.4, -0.2) is 15.7 Å². The molecule has 0 aliphatic carbocycles. The summed E-state index contributed by atoms with van der Waals surface area (Å²) in [7, 11) is 0. The van der Waals surface area contributed by atoms with Gasteiger partial charge in [-0.3, -0.25) is 4.79 Å². The first-order valence-electron chi connectivity index (χ1n) is 11.4. The van der Waals surface area contributed by atoms with Crippen LogP contribution in [0.1, 0.15) is 33.4 Å². The fraction of sp³-hybridized carbons (Fsp3) is 0.103. The lowest BCUT2D eigenvalue weighted by molar-refractivity contribution is 0.0928. The smallest absolute Gasteiger partial charge is 0.270 e. The van der Waals surface area contributed by atoms with Gasteiger partial charge >= 0.3 is 0 Å². The van der Waals surface area contributed by atoms with E-state index in [1.165, 1.54) is 16.8 Å². The summed E-state index contributed by atoms with van der Waals surface area (Å²) in [4.78, 5) is 13.7. The first-order chi connectivity index (χ1) is 17.1. The van der Waals surface area contributed by atoms with Crippen LogP contribution >= 0.6 is 0 Å². The molecule has 1 N–H and O–H groups in total. The number of carbonyl (C=O) groups excluding carboxylic acids is 1. The van der Waals surface area contributed by atoms with Crippen molar-refractivity contribution in [3.8, 4) is 17.1 Å². The van der Waals surface area contributed by atoms with E-state index in [0.717, 1.165) is 16.9 Å². The molecule has 0 aliphatic rings. The van der Waals surface area contributed by atoms with Crippen molar-refractivity contribution in [3.63, 3.8) is 0 Å². The maximum atomic E-state index is 13.7. The monoisotopic (exact) mass is 465 g/mol. The third kappa shape index (κ3) is 5.06. The molecule has 1 amide bonds. The molecular formula is C29H24FN3O2. The Morgan fingerprint density at radius 1 is 0.943 bits per heavy atom. The summed E-state index contributed by atoms with van der Waals surface area (Å²) >= 11 is 0. The van der Waals surface area contributed by atoms with E-state index in [-0.39, 0.29) is 17.8 Å². The predicted octanol–water partition coefficient (Wildman–Crippen LogP) is 6.29. The molecule has 2 aromatic heterocycles. The van der Waals surface area contributed by atoms with Crippen LogP contribution in [0.15, 0.2) is 108 Å². The van der Waals surface area contributed by atoms with E-state index in [4.69, 9.17) is 4.42 Å². The Kier molecular flexibility index (Phi) is 6.26. The topological polar surface area (TPSA) is 60.1 Å². The summed E-state index contributed by atoms with van der Waals surface area (Å²) in [6, 6.07) is 30.9. The number of halogens is 1. The van der Waals surface area contributed by atoms with Gasteiger partial charge in [0.05, 0.1) is 11.7 Å². The van der Waals surface area contributed by atoms with Gasteiger partial charge in [0.2, 0.25) is 0 Å². The van der Waals surface area contributed by atoms with E-state index in [9.17, 15) is 9.18 Å². The van der Waals surface area contributed by atoms with Crippen LogP contribution in [0.2, 0.25) is 0 Å². The molecule has 0 saturated carbocycles. The molecule has 0 bridgehead atoms. The molecule has 3 aromatic carbocycles. The van der Waals surface area contributed by atoms with Gasteiger partial charge in [-0.1, -0.05) is 60.7 Å². The van der Waals surface area contributed by atoms with Crippen LogP contribution in [0, 0.1) is 12.7 Å². The second-order valence-electron chi connectivity index (χ2n) is 8.34. The summed E-state index contributed by atoms with van der Waals surface area (Å²) in [6.07, 6.45) is 0.630. The van der Waals surface area contributed by atoms with Gasteiger partial charge in [-0.05, 0) is 60.9 Å². The molecule has 174 valence electrons. The van der Waals surface area contributed by atoms with E-state index in [2.05, 4.69) is 10.4 Å². The molecule has 6 heteroatoms. The highest BCUT2D eigenvalue weighted by atomic mass is 19.1. The van der Waals surface area contributed by atoms with E-state index >= 15 is 0 Å². The second kappa shape index (κ2) is 9.81. The highest BCUT2D eigenvalue weighted by Crippen LogP contribution is 2.25. The van der Waals surface area contributed by atoms with Gasteiger partial charge < -0.3 is 9.73 Å². The Bertz CT molecular complexity index is 1420. The lowest BCUT2D eigenvalue weighted by atomic mass is 9.98. The molecule has 0 aliphatic heterocycles. The number of hydrogen-bond donors (Lipinski definition) is 1. The highest BCUT2D eigenvalue weighted by Gasteiger charge is 2.23. The average Bonchev–Trinajstić information content (AvgIpc) is 3.52. The standard InChI is InChI=1S/C29H24FN3O2/c1-20-12-17-28(35-20)26-19-27(33(32-26)24-15-13-23(30)14-16-24)29(34)31-25(22-10-6-3-7-11-22)18-21-8-4-2-5-9-21/h2-17,19,25H,18H2,1H3,(H,31,34). The second-order valence-corrected chi connectivity index (χ2v) is 8.34. The zero-order valence-electron chi connectivity index (χ0n) is 19.2. The summed E-state index contributed by atoms with van der Waals surface area (Å²) in [5.74, 6) is 0.651. The minimum absolute atomic E-state index is 0.253. The number of amides is 1. The van der Waals surface area contributed by atoms with E-state index in [0.29, 0.717) is 29.3 Å². The van der Waals surface area contributed by atoms with Crippen molar-refractivity contribution in [3.05, 3.63) is 132 Å². The molecule has 0 fully saturated rings. The van der Waals surface area contributed by atoms with Crippen molar-refractivity contribution in [2.75, 3.05) is 0 Å². The fourth-order valence-corrected chi connectivity index (χ4v) is 4.03. The number of aromatic nitrogens is 2. The first-order valence-corrected chi connectivity index (χ1v) is 11.4. The predicted molar refractivity (Wildman–Crippen MR) is 133 cm³/mol. The number of furan rings is 1. The largest absolute Gasteiger partial charge is 0.460 e. The van der Waals surface area contributed by atoms with Gasteiger partial charge in [0.15, 0.2) is 5.76 Å². The Hall–Kier alpha value is -4.45. The Morgan fingerprint density at radius 3 is 2.29 bits per heavy atom. The Balaban J connectivity index is 1.52. The Morgan fingerprint density at radius 2 is 1.63 bits per heavy atom. The van der Waals surface area contributed by atoms with Crippen molar-refractivity contribution in [2.24, 2.45) is 0 Å². The van der Waals surface area contributed by atoms with Gasteiger partial charge in [-0.2, -0.15) is 5.10 Å². The summed E-state index contributed by atoms with van der Waals surface area (Å²) in [6.45, 7) is 1.85. The van der Waals surface area contributed by atoms with Crippen LogP contribution in [0.5, 0.6) is 0 Å². The van der Waals surface area contributed by atoms with Crippen LogP contribution < -0.4 is 5.32 Å². The maximum Gasteiger partial charge on any atom is 0.270 e. The fourth-order valence-electron chi connectivity index (χ4n) is 4.03. The molecule has 1 atom stereocenters. The minimum Gasteiger partial charge on any atom is -0.460 e. The maximum absolute atomic E-state index is 13.7. The summed E-state index contributed by atoms with van der Waals surface area (Å²) in [5, 5.41) is 7.80. The summed E-state index contributed by atoms with van der Waals surface area (Å²) in [5.41, 5.74) is 3.53. The van der Waals surface area contributed by atoms with Gasteiger partial charge in [0.25, 0.3) is 5.91 Å². The average molecular weight is 466 g/mol. The third-order valence-electron chi connectivity index (χ3n) is 5.80. The number of rotatable bonds is 7. The molecule has 0 radical (unpaired) electrons. The van der Waals surface area contributed by atoms with Crippen LogP contribution in [0.3, 0.4) is 0 Å². The summed E-state index contributed by atoms with van der Waals surface area (Å²) < 4.78 is 20.8. The third-order valence-corrected chi connectivity index (χ3v) is 5.80. The van der Waals surface area contributed by atoms with Crippen molar-refractivity contribution in [1.82, 2.24) is 15.1 Å². The molecular weight excluding hydrogens is 441 g/mol. The van der Waals surface area contributed by atoms with Crippen molar-refractivity contribution < 1.29 is 13.6 Å². The SMILES string of the molecule is Cc1ccc(-c2cc(C(=O)NC(Cc3ccccc3)c3ccccc3)n(-c3ccc(F)cc3)n2)o1. The lowest BCUT2D eigenvalue weighted by Gasteiger charge is -2.20. The number of carbonyl (C=O) groups is 1. The van der Waals surface area contributed by atoms with Crippen molar-refractivity contribution in [1.29, 1.82) is 0 Å². The Labute approximate surface area is 202 Å². The van der Waals surface area contributed by atoms with Crippen LogP contribution in [-0.2, 0) is 6.42 Å². The molecule has 0 saturated heterocycles. The van der Waals surface area contributed by atoms with Gasteiger partial charge in [-0.15, -0.1) is 0 Å². The number of benzene rings is 3. The molecule has 5 rings (SSSR count). The van der Waals surface area contributed by atoms with Crippen LogP contribution in [0.4, 0.5) is 4.39 Å². The molecule has 2 heterocycles. The van der Waals surface area contributed by atoms with E-state index in [1.54, 1.807) is 18.2 Å². The number of nitrogens with zero attached hydrogens (tertiary/aromatic N) is 2. The molecule has 0 spiro atoms. The molecule has 35 heavy (non-hydrogen) atoms. The van der Waals surface area contributed by atoms with Gasteiger partial charge in [0.1, 0.15) is 23.0 Å². The van der Waals surface area contributed by atoms with Crippen molar-refractivity contribution in [2.45, 2.75) is 19.4 Å². The quantitative estimate of drug-likeness (QED) is 0.307. The van der Waals surface area contributed by atoms with Crippen molar-refractivity contribution >= 4 is 5.91 Å². The molecule has 5 aromatic rings. The van der Waals surface area contributed by atoms with E-state index < -0.39 is 0 Å². The number of hydrogen-bond acceptors (Lipinski definition) is 3. The first kappa shape index (κ1) is 22.3.